The zero-order chi connectivity index (χ0) is 24.3. The van der Waals surface area contributed by atoms with Crippen LogP contribution in [-0.2, 0) is 0 Å². The van der Waals surface area contributed by atoms with Gasteiger partial charge in [-0.15, -0.1) is 11.3 Å². The Morgan fingerprint density at radius 1 is 0.912 bits per heavy atom. The van der Waals surface area contributed by atoms with E-state index in [4.69, 9.17) is 0 Å². The number of amides is 4. The van der Waals surface area contributed by atoms with Crippen molar-refractivity contribution in [2.45, 2.75) is 39.2 Å². The molecule has 9 heteroatoms. The van der Waals surface area contributed by atoms with Gasteiger partial charge in [0, 0.05) is 56.2 Å². The Balaban J connectivity index is 1.52. The number of hydrogen-bond acceptors (Lipinski definition) is 5. The van der Waals surface area contributed by atoms with Crippen molar-refractivity contribution < 1.29 is 14.4 Å². The smallest absolute Gasteiger partial charge is 0.317 e. The maximum absolute atomic E-state index is 13.4. The zero-order valence-corrected chi connectivity index (χ0v) is 20.9. The molecule has 0 bridgehead atoms. The van der Waals surface area contributed by atoms with Gasteiger partial charge < -0.3 is 25.3 Å². The van der Waals surface area contributed by atoms with Gasteiger partial charge >= 0.3 is 6.03 Å². The van der Waals surface area contributed by atoms with Crippen LogP contribution in [0.3, 0.4) is 0 Å². The van der Waals surface area contributed by atoms with Crippen LogP contribution >= 0.6 is 11.3 Å². The Morgan fingerprint density at radius 3 is 2.24 bits per heavy atom. The van der Waals surface area contributed by atoms with Crippen LogP contribution in [0.4, 0.5) is 16.2 Å². The first-order valence-electron chi connectivity index (χ1n) is 11.8. The third-order valence-electron chi connectivity index (χ3n) is 6.01. The van der Waals surface area contributed by atoms with Gasteiger partial charge in [-0.1, -0.05) is 6.07 Å². The number of thiophene rings is 1. The average Bonchev–Trinajstić information content (AvgIpc) is 3.52. The minimum Gasteiger partial charge on any atom is -0.367 e. The summed E-state index contributed by atoms with van der Waals surface area (Å²) < 4.78 is 0. The van der Waals surface area contributed by atoms with Gasteiger partial charge in [0.1, 0.15) is 0 Å². The fraction of sp³-hybridized carbons (Fsp3) is 0.480. The average molecular weight is 484 g/mol. The minimum absolute atomic E-state index is 0.00683. The summed E-state index contributed by atoms with van der Waals surface area (Å²) in [5.74, 6) is -0.187. The first kappa shape index (κ1) is 24.1. The Morgan fingerprint density at radius 2 is 1.62 bits per heavy atom. The molecular formula is C25H33N5O3S. The van der Waals surface area contributed by atoms with Gasteiger partial charge in [-0.25, -0.2) is 4.79 Å². The van der Waals surface area contributed by atoms with Gasteiger partial charge in [-0.3, -0.25) is 9.59 Å². The molecule has 0 aliphatic carbocycles. The molecular weight excluding hydrogens is 450 g/mol. The summed E-state index contributed by atoms with van der Waals surface area (Å²) in [4.78, 5) is 45.0. The largest absolute Gasteiger partial charge is 0.367 e. The lowest BCUT2D eigenvalue weighted by atomic mass is 10.1. The summed E-state index contributed by atoms with van der Waals surface area (Å²) in [5.41, 5.74) is 1.76. The lowest BCUT2D eigenvalue weighted by molar-refractivity contribution is 0.0792. The Kier molecular flexibility index (Phi) is 7.11. The lowest BCUT2D eigenvalue weighted by Crippen LogP contribution is -2.55. The van der Waals surface area contributed by atoms with Crippen LogP contribution in [0.5, 0.6) is 0 Å². The quantitative estimate of drug-likeness (QED) is 0.692. The highest BCUT2D eigenvalue weighted by molar-refractivity contribution is 7.12. The van der Waals surface area contributed by atoms with E-state index in [-0.39, 0.29) is 23.4 Å². The first-order chi connectivity index (χ1) is 16.2. The Bertz CT molecular complexity index is 1030. The molecule has 0 unspecified atom stereocenters. The fourth-order valence-electron chi connectivity index (χ4n) is 4.30. The first-order valence-corrected chi connectivity index (χ1v) is 12.7. The van der Waals surface area contributed by atoms with Crippen LogP contribution in [0.1, 0.15) is 53.6 Å². The van der Waals surface area contributed by atoms with Gasteiger partial charge in [0.15, 0.2) is 0 Å². The zero-order valence-electron chi connectivity index (χ0n) is 20.1. The van der Waals surface area contributed by atoms with Gasteiger partial charge in [0.05, 0.1) is 10.4 Å². The van der Waals surface area contributed by atoms with Crippen LogP contribution < -0.4 is 15.5 Å². The minimum atomic E-state index is -0.285. The number of carbonyl (C=O) groups is 3. The van der Waals surface area contributed by atoms with E-state index in [1.165, 1.54) is 11.3 Å². The highest BCUT2D eigenvalue weighted by atomic mass is 32.1. The molecule has 34 heavy (non-hydrogen) atoms. The van der Waals surface area contributed by atoms with E-state index in [1.54, 1.807) is 12.1 Å². The van der Waals surface area contributed by atoms with Crippen molar-refractivity contribution in [3.05, 3.63) is 46.2 Å². The maximum atomic E-state index is 13.4. The van der Waals surface area contributed by atoms with Crippen LogP contribution in [-0.4, -0.2) is 72.5 Å². The van der Waals surface area contributed by atoms with Gasteiger partial charge in [-0.2, -0.15) is 0 Å². The van der Waals surface area contributed by atoms with E-state index in [0.29, 0.717) is 42.3 Å². The normalized spacial score (nSPS) is 16.5. The number of nitrogens with zero attached hydrogens (tertiary/aromatic N) is 3. The molecule has 2 aromatic rings. The molecule has 2 N–H and O–H groups in total. The molecule has 0 saturated carbocycles. The summed E-state index contributed by atoms with van der Waals surface area (Å²) >= 11 is 1.38. The van der Waals surface area contributed by atoms with E-state index >= 15 is 0 Å². The molecule has 2 fully saturated rings. The highest BCUT2D eigenvalue weighted by Crippen LogP contribution is 2.28. The number of benzene rings is 1. The van der Waals surface area contributed by atoms with Crippen molar-refractivity contribution in [2.24, 2.45) is 0 Å². The molecule has 4 rings (SSSR count). The van der Waals surface area contributed by atoms with Crippen molar-refractivity contribution in [2.75, 3.05) is 49.5 Å². The SMILES string of the molecule is CC(C)(C)NC(=O)N1CCN(c2ccc(NC(=O)c3cccs3)cc2C(=O)N2CCCC2)CC1. The van der Waals surface area contributed by atoms with E-state index in [9.17, 15) is 14.4 Å². The number of likely N-dealkylation sites (tertiary alicyclic amines) is 1. The number of piperazine rings is 1. The van der Waals surface area contributed by atoms with Crippen molar-refractivity contribution >= 4 is 40.6 Å². The topological polar surface area (TPSA) is 85.0 Å². The molecule has 4 amide bonds. The van der Waals surface area contributed by atoms with Crippen LogP contribution in [0.15, 0.2) is 35.7 Å². The summed E-state index contributed by atoms with van der Waals surface area (Å²) in [6.07, 6.45) is 2.02. The molecule has 2 aliphatic rings. The van der Waals surface area contributed by atoms with E-state index in [1.807, 2.05) is 54.2 Å². The van der Waals surface area contributed by atoms with E-state index < -0.39 is 0 Å². The second kappa shape index (κ2) is 10.0. The highest BCUT2D eigenvalue weighted by Gasteiger charge is 2.28. The third-order valence-corrected chi connectivity index (χ3v) is 6.88. The molecule has 2 aliphatic heterocycles. The predicted octanol–water partition coefficient (Wildman–Crippen LogP) is 3.87. The fourth-order valence-corrected chi connectivity index (χ4v) is 4.92. The number of rotatable bonds is 4. The Hall–Kier alpha value is -3.07. The van der Waals surface area contributed by atoms with Crippen molar-refractivity contribution in [3.63, 3.8) is 0 Å². The molecule has 0 atom stereocenters. The molecule has 2 saturated heterocycles. The predicted molar refractivity (Wildman–Crippen MR) is 136 cm³/mol. The molecule has 0 radical (unpaired) electrons. The lowest BCUT2D eigenvalue weighted by Gasteiger charge is -2.38. The number of anilines is 2. The molecule has 0 spiro atoms. The second-order valence-corrected chi connectivity index (χ2v) is 10.8. The van der Waals surface area contributed by atoms with Crippen LogP contribution in [0.25, 0.3) is 0 Å². The van der Waals surface area contributed by atoms with Crippen molar-refractivity contribution in [3.8, 4) is 0 Å². The summed E-state index contributed by atoms with van der Waals surface area (Å²) in [7, 11) is 0. The number of nitrogens with one attached hydrogen (secondary N) is 2. The number of carbonyl (C=O) groups excluding carboxylic acids is 3. The number of hydrogen-bond donors (Lipinski definition) is 2. The summed E-state index contributed by atoms with van der Waals surface area (Å²) in [6.45, 7) is 9.85. The maximum Gasteiger partial charge on any atom is 0.317 e. The molecule has 8 nitrogen and oxygen atoms in total. The third kappa shape index (κ3) is 5.70. The summed E-state index contributed by atoms with van der Waals surface area (Å²) in [5, 5.41) is 7.80. The Labute approximate surface area is 204 Å². The van der Waals surface area contributed by atoms with Crippen molar-refractivity contribution in [1.82, 2.24) is 15.1 Å². The molecule has 1 aromatic carbocycles. The van der Waals surface area contributed by atoms with Crippen LogP contribution in [0.2, 0.25) is 0 Å². The standard InChI is InChI=1S/C25H33N5O3S/c1-25(2,3)27-24(33)30-14-12-28(13-15-30)20-9-8-18(26-22(31)21-7-6-16-34-21)17-19(20)23(32)29-10-4-5-11-29/h6-9,16-17H,4-5,10-15H2,1-3H3,(H,26,31)(H,27,33). The molecule has 1 aromatic heterocycles. The molecule has 3 heterocycles. The monoisotopic (exact) mass is 483 g/mol. The van der Waals surface area contributed by atoms with Crippen molar-refractivity contribution in [1.29, 1.82) is 0 Å². The second-order valence-electron chi connectivity index (χ2n) is 9.82. The van der Waals surface area contributed by atoms with Gasteiger partial charge in [0.25, 0.3) is 11.8 Å². The van der Waals surface area contributed by atoms with E-state index in [2.05, 4.69) is 15.5 Å². The van der Waals surface area contributed by atoms with Gasteiger partial charge in [0.2, 0.25) is 0 Å². The van der Waals surface area contributed by atoms with E-state index in [0.717, 1.165) is 31.6 Å². The van der Waals surface area contributed by atoms with Crippen LogP contribution in [0, 0.1) is 0 Å². The molecule has 182 valence electrons. The van der Waals surface area contributed by atoms with Gasteiger partial charge in [-0.05, 0) is 63.3 Å². The number of urea groups is 1. The summed E-state index contributed by atoms with van der Waals surface area (Å²) in [6, 6.07) is 9.11.